The molecule has 4 saturated carbocycles. The van der Waals surface area contributed by atoms with Gasteiger partial charge in [0.05, 0.1) is 31.0 Å². The average molecular weight is 1510 g/mol. The molecule has 12 amide bonds. The summed E-state index contributed by atoms with van der Waals surface area (Å²) in [5, 5.41) is 11.6. The van der Waals surface area contributed by atoms with Crippen LogP contribution in [0.2, 0.25) is 0 Å². The van der Waals surface area contributed by atoms with E-state index in [1.165, 1.54) is 69.5 Å². The van der Waals surface area contributed by atoms with Gasteiger partial charge in [0.1, 0.15) is 47.8 Å². The van der Waals surface area contributed by atoms with E-state index in [0.717, 1.165) is 44.9 Å². The zero-order chi connectivity index (χ0) is 77.2. The van der Waals surface area contributed by atoms with E-state index in [2.05, 4.69) is 33.4 Å². The number of rotatable bonds is 10. The number of likely N-dealkylation sites (N-methyl/N-ethyl adjacent to an activating group) is 7. The second-order valence-electron chi connectivity index (χ2n) is 32.4. The number of halogens is 2. The molecule has 6 bridgehead atoms. The maximum atomic E-state index is 15.7. The quantitative estimate of drug-likeness (QED) is 0.127. The molecule has 590 valence electrons. The molecule has 0 aromatic heterocycles. The molecule has 6 heterocycles. The second kappa shape index (κ2) is 39.7. The Morgan fingerprint density at radius 1 is 0.648 bits per heavy atom. The first-order valence-electron chi connectivity index (χ1n) is 39.3. The first kappa shape index (κ1) is 85.9. The lowest BCUT2D eigenvalue weighted by molar-refractivity contribution is -0.160. The van der Waals surface area contributed by atoms with Crippen molar-refractivity contribution < 1.29 is 62.3 Å². The lowest BCUT2D eigenvalue weighted by Crippen LogP contribution is -2.70. The summed E-state index contributed by atoms with van der Waals surface area (Å²) in [7, 11) is 10.6. The molecule has 4 aliphatic carbocycles. The smallest absolute Gasteiger partial charge is 0.248 e. The Kier molecular flexibility index (Phi) is 32.5. The van der Waals surface area contributed by atoms with Gasteiger partial charge in [-0.15, -0.1) is 23.2 Å². The minimum Gasteiger partial charge on any atom is -0.377 e. The molecule has 3 unspecified atom stereocenters. The van der Waals surface area contributed by atoms with Gasteiger partial charge in [-0.05, 0) is 177 Å². The van der Waals surface area contributed by atoms with Crippen molar-refractivity contribution in [3.63, 3.8) is 0 Å². The van der Waals surface area contributed by atoms with Crippen molar-refractivity contribution in [2.75, 3.05) is 88.7 Å². The Morgan fingerprint density at radius 3 is 1.96 bits per heavy atom. The molecule has 12 atom stereocenters. The standard InChI is InChI=1S/C78H126Cl2N12O13/c1-14-50(4)67-74(102)87(9)47-66(96)89(11)60-30-22-19-25-41-92(73(60)101)62-43-53-33-31-51(32-34-53)26-20-17-18-21-29-59(70(98)83-67)88(10)65(95)44-61(71(99)85(7)15-2)90(12)75(103)68(54-27-23-24-28-54)91(13)76(104)78(48-77(5,6)49-78)84-63(93)40-37-55(105-16-3)45-81-69(97)58(82-64(94)46-86(8)72(62)100)39-36-52-35-38-56(79)57(80)42-52/h19-20,22,26,50-62,67-68H,14-18,21,23-25,27-49H2,1-13H3,(H,81,97)(H,82,94)(H,83,98)(H,84,93)/b22-19-,26-20+/t50-,51?,52?,53?,55+,56?,57?,58-,59-,60-,61-,62-,67-,68-/m0/s1. The Hall–Kier alpha value is -6.34. The molecule has 10 aliphatic rings. The first-order chi connectivity index (χ1) is 49.7. The van der Waals surface area contributed by atoms with Crippen molar-refractivity contribution >= 4 is 94.1 Å². The van der Waals surface area contributed by atoms with Gasteiger partial charge in [0.2, 0.25) is 70.9 Å². The van der Waals surface area contributed by atoms with Crippen LogP contribution in [0.1, 0.15) is 208 Å². The van der Waals surface area contributed by atoms with Gasteiger partial charge in [-0.25, -0.2) is 0 Å². The molecular weight excluding hydrogens is 1380 g/mol. The van der Waals surface area contributed by atoms with Crippen LogP contribution < -0.4 is 21.3 Å². The van der Waals surface area contributed by atoms with Gasteiger partial charge in [0.15, 0.2) is 0 Å². The van der Waals surface area contributed by atoms with Crippen molar-refractivity contribution in [3.8, 4) is 0 Å². The second-order valence-corrected chi connectivity index (χ2v) is 33.5. The number of amides is 12. The van der Waals surface area contributed by atoms with Crippen LogP contribution in [0.25, 0.3) is 0 Å². The highest BCUT2D eigenvalue weighted by Gasteiger charge is 2.58. The molecule has 105 heavy (non-hydrogen) atoms. The molecule has 25 nitrogen and oxygen atoms in total. The number of hydrogen-bond acceptors (Lipinski definition) is 13. The SMILES string of the molecule is CCO[C@@H]1CCC(=O)NC2(CC(C)(C)C2)C(=O)N(C)[C@@H](C2CCCC2)C(=O)N(C)[C@H](C(=O)N(C)CC)CC(=O)N(C)[C@H]2CCCC/C=C/C3CCC(CC3)C[C@@H](C(=O)N(C)CC(=O)N[C@@H](CCC3CCC(Cl)C(Cl)C3)C(=O)NC1)N1CC/C=C\C[C@@H](C1=O)N(C)C(=O)CN(C)C(=O)[C@H]([C@@H](C)CC)NC2=O. The molecule has 0 aromatic carbocycles. The fourth-order valence-electron chi connectivity index (χ4n) is 17.3. The lowest BCUT2D eigenvalue weighted by atomic mass is 9.58. The first-order valence-corrected chi connectivity index (χ1v) is 40.1. The Bertz CT molecular complexity index is 3100. The summed E-state index contributed by atoms with van der Waals surface area (Å²) in [5.74, 6) is -7.00. The topological polar surface area (TPSA) is 288 Å². The summed E-state index contributed by atoms with van der Waals surface area (Å²) in [4.78, 5) is 191. The van der Waals surface area contributed by atoms with Crippen LogP contribution in [-0.4, -0.2) is 263 Å². The molecule has 4 N–H and O–H groups in total. The third-order valence-corrected chi connectivity index (χ3v) is 25.1. The zero-order valence-corrected chi connectivity index (χ0v) is 66.7. The number of allylic oxidation sites excluding steroid dienone is 2. The third-order valence-electron chi connectivity index (χ3n) is 24.0. The number of nitrogens with zero attached hydrogens (tertiary/aromatic N) is 8. The van der Waals surface area contributed by atoms with Gasteiger partial charge in [0.25, 0.3) is 0 Å². The highest BCUT2D eigenvalue weighted by atomic mass is 35.5. The van der Waals surface area contributed by atoms with E-state index in [0.29, 0.717) is 64.2 Å². The van der Waals surface area contributed by atoms with Crippen LogP contribution in [0.15, 0.2) is 24.3 Å². The summed E-state index contributed by atoms with van der Waals surface area (Å²) in [5.41, 5.74) is -1.80. The number of nitrogens with one attached hydrogen (secondary N) is 4. The maximum Gasteiger partial charge on any atom is 0.248 e. The Labute approximate surface area is 634 Å². The van der Waals surface area contributed by atoms with E-state index in [1.807, 2.05) is 32.9 Å². The largest absolute Gasteiger partial charge is 0.377 e. The molecule has 5 fully saturated rings. The van der Waals surface area contributed by atoms with E-state index in [9.17, 15) is 28.8 Å². The minimum absolute atomic E-state index is 0.00274. The maximum absolute atomic E-state index is 15.7. The highest BCUT2D eigenvalue weighted by Crippen LogP contribution is 2.50. The third kappa shape index (κ3) is 22.9. The molecule has 1 saturated heterocycles. The molecule has 10 rings (SSSR count). The monoisotopic (exact) mass is 1510 g/mol. The Balaban J connectivity index is 1.31. The summed E-state index contributed by atoms with van der Waals surface area (Å²) in [6.45, 7) is 10.8. The highest BCUT2D eigenvalue weighted by molar-refractivity contribution is 6.30. The van der Waals surface area contributed by atoms with Gasteiger partial charge in [0, 0.05) is 87.4 Å². The summed E-state index contributed by atoms with van der Waals surface area (Å²) < 4.78 is 6.15. The van der Waals surface area contributed by atoms with E-state index < -0.39 is 150 Å². The van der Waals surface area contributed by atoms with Gasteiger partial charge in [-0.1, -0.05) is 77.7 Å². The number of hydrogen-bond donors (Lipinski definition) is 4. The predicted octanol–water partition coefficient (Wildman–Crippen LogP) is 6.94. The van der Waals surface area contributed by atoms with Gasteiger partial charge in [-0.3, -0.25) is 57.5 Å². The van der Waals surface area contributed by atoms with Crippen LogP contribution in [0.3, 0.4) is 0 Å². The minimum atomic E-state index is -1.42. The zero-order valence-electron chi connectivity index (χ0n) is 65.2. The van der Waals surface area contributed by atoms with Crippen molar-refractivity contribution in [2.45, 2.75) is 273 Å². The number of carbonyl (C=O) groups is 12. The van der Waals surface area contributed by atoms with Gasteiger partial charge >= 0.3 is 0 Å². The molecule has 6 aliphatic heterocycles. The van der Waals surface area contributed by atoms with Crippen molar-refractivity contribution in [3.05, 3.63) is 24.3 Å². The van der Waals surface area contributed by atoms with Crippen molar-refractivity contribution in [2.24, 2.45) is 35.0 Å². The van der Waals surface area contributed by atoms with Crippen LogP contribution >= 0.6 is 23.2 Å². The van der Waals surface area contributed by atoms with Crippen molar-refractivity contribution in [1.82, 2.24) is 60.5 Å². The summed E-state index contributed by atoms with van der Waals surface area (Å²) in [6.07, 6.45) is 19.3. The Morgan fingerprint density at radius 2 is 1.31 bits per heavy atom. The number of carbonyl (C=O) groups excluding carboxylic acids is 12. The summed E-state index contributed by atoms with van der Waals surface area (Å²) in [6, 6.07) is -8.09. The predicted molar refractivity (Wildman–Crippen MR) is 404 cm³/mol. The molecule has 27 heteroatoms. The number of alkyl halides is 2. The van der Waals surface area contributed by atoms with E-state index in [-0.39, 0.29) is 117 Å². The number of ether oxygens (including phenoxy) is 1. The summed E-state index contributed by atoms with van der Waals surface area (Å²) >= 11 is 13.2. The van der Waals surface area contributed by atoms with Crippen LogP contribution in [0.5, 0.6) is 0 Å². The molecule has 0 aromatic rings. The molecule has 1 spiro atoms. The van der Waals surface area contributed by atoms with Crippen LogP contribution in [-0.2, 0) is 62.3 Å². The van der Waals surface area contributed by atoms with E-state index in [1.54, 1.807) is 39.8 Å². The molecule has 0 radical (unpaired) electrons. The average Bonchev–Trinajstić information content (AvgIpc) is 1.08. The van der Waals surface area contributed by atoms with Crippen molar-refractivity contribution in [1.29, 1.82) is 0 Å². The van der Waals surface area contributed by atoms with E-state index in [4.69, 9.17) is 27.9 Å². The van der Waals surface area contributed by atoms with Gasteiger partial charge in [-0.2, -0.15) is 0 Å². The normalized spacial score (nSPS) is 32.1. The van der Waals surface area contributed by atoms with Gasteiger partial charge < -0.3 is 65.2 Å². The lowest BCUT2D eigenvalue weighted by Gasteiger charge is -2.54. The van der Waals surface area contributed by atoms with Crippen LogP contribution in [0.4, 0.5) is 0 Å². The van der Waals surface area contributed by atoms with Crippen LogP contribution in [0, 0.1) is 35.0 Å². The fraction of sp³-hybridized carbons (Fsp3) is 0.795. The van der Waals surface area contributed by atoms with E-state index >= 15 is 28.8 Å². The molecular formula is C78H126Cl2N12O13. The fourth-order valence-corrected chi connectivity index (χ4v) is 17.9.